The molecule has 0 bridgehead atoms. The molecule has 0 aliphatic heterocycles. The van der Waals surface area contributed by atoms with Crippen molar-refractivity contribution in [3.63, 3.8) is 0 Å². The summed E-state index contributed by atoms with van der Waals surface area (Å²) in [5.74, 6) is 1.46. The molecular weight excluding hydrogens is 374 g/mol. The summed E-state index contributed by atoms with van der Waals surface area (Å²) in [4.78, 5) is 0. The average Bonchev–Trinajstić information content (AvgIpc) is 3.34. The van der Waals surface area contributed by atoms with Gasteiger partial charge < -0.3 is 15.0 Å². The Hall–Kier alpha value is -3.98. The lowest BCUT2D eigenvalue weighted by molar-refractivity contribution is 0.398. The molecule has 0 amide bonds. The third kappa shape index (κ3) is 3.65. The van der Waals surface area contributed by atoms with E-state index in [4.69, 9.17) is 10.5 Å². The van der Waals surface area contributed by atoms with Gasteiger partial charge in [0.2, 0.25) is 0 Å². The molecule has 6 heteroatoms. The molecule has 6 nitrogen and oxygen atoms in total. The molecule has 0 radical (unpaired) electrons. The van der Waals surface area contributed by atoms with E-state index < -0.39 is 0 Å². The van der Waals surface area contributed by atoms with Gasteiger partial charge in [0.15, 0.2) is 5.69 Å². The van der Waals surface area contributed by atoms with E-state index in [1.165, 1.54) is 0 Å². The van der Waals surface area contributed by atoms with Crippen LogP contribution in [0, 0.1) is 11.3 Å². The van der Waals surface area contributed by atoms with Crippen molar-refractivity contribution in [1.82, 2.24) is 14.3 Å². The van der Waals surface area contributed by atoms with Crippen LogP contribution in [0.25, 0.3) is 16.9 Å². The van der Waals surface area contributed by atoms with Gasteiger partial charge in [0.25, 0.3) is 0 Å². The van der Waals surface area contributed by atoms with Crippen LogP contribution in [-0.4, -0.2) is 14.3 Å². The van der Waals surface area contributed by atoms with Gasteiger partial charge in [-0.15, -0.1) is 0 Å². The Bertz CT molecular complexity index is 1210. The number of hydrogen-bond donors (Lipinski definition) is 1. The molecule has 0 saturated carbocycles. The molecule has 4 rings (SSSR count). The van der Waals surface area contributed by atoms with Crippen molar-refractivity contribution in [3.8, 4) is 34.5 Å². The number of nitrogen functional groups attached to an aromatic ring is 1. The van der Waals surface area contributed by atoms with E-state index in [2.05, 4.69) is 36.5 Å². The first kappa shape index (κ1) is 19.3. The van der Waals surface area contributed by atoms with Crippen molar-refractivity contribution < 1.29 is 4.74 Å². The number of ether oxygens (including phenoxy) is 1. The molecule has 30 heavy (non-hydrogen) atoms. The van der Waals surface area contributed by atoms with E-state index in [9.17, 15) is 5.26 Å². The lowest BCUT2D eigenvalue weighted by Crippen LogP contribution is -2.19. The van der Waals surface area contributed by atoms with Gasteiger partial charge in [-0.25, -0.2) is 4.68 Å². The highest BCUT2D eigenvalue weighted by atomic mass is 16.5. The number of nitrogens with zero attached hydrogens (tertiary/aromatic N) is 4. The second-order valence-electron chi connectivity index (χ2n) is 8.02. The number of para-hydroxylation sites is 1. The van der Waals surface area contributed by atoms with Crippen molar-refractivity contribution in [3.05, 3.63) is 78.8 Å². The van der Waals surface area contributed by atoms with Gasteiger partial charge in [0, 0.05) is 23.5 Å². The predicted octanol–water partition coefficient (Wildman–Crippen LogP) is 5.34. The minimum absolute atomic E-state index is 0.0534. The SMILES string of the molecule is CC(C)(C)n1ccc(-c2nn(-c3ccc(Oc4ccccc4)cc3)c(C#N)c2N)c1. The molecule has 0 saturated heterocycles. The summed E-state index contributed by atoms with van der Waals surface area (Å²) >= 11 is 0. The first-order chi connectivity index (χ1) is 14.4. The molecule has 4 aromatic rings. The zero-order chi connectivity index (χ0) is 21.3. The monoisotopic (exact) mass is 397 g/mol. The van der Waals surface area contributed by atoms with Crippen LogP contribution in [0.2, 0.25) is 0 Å². The fraction of sp³-hybridized carbons (Fsp3) is 0.167. The van der Waals surface area contributed by atoms with Crippen LogP contribution < -0.4 is 10.5 Å². The largest absolute Gasteiger partial charge is 0.457 e. The molecule has 2 heterocycles. The van der Waals surface area contributed by atoms with E-state index in [0.29, 0.717) is 22.8 Å². The number of benzene rings is 2. The highest BCUT2D eigenvalue weighted by Crippen LogP contribution is 2.31. The number of hydrogen-bond acceptors (Lipinski definition) is 4. The van der Waals surface area contributed by atoms with Gasteiger partial charge in [0.05, 0.1) is 11.4 Å². The number of anilines is 1. The summed E-state index contributed by atoms with van der Waals surface area (Å²) in [6, 6.07) is 21.1. The zero-order valence-electron chi connectivity index (χ0n) is 17.2. The Morgan fingerprint density at radius 2 is 1.63 bits per heavy atom. The molecule has 0 unspecified atom stereocenters. The first-order valence-corrected chi connectivity index (χ1v) is 9.67. The lowest BCUT2D eigenvalue weighted by atomic mass is 10.1. The molecule has 2 aromatic carbocycles. The maximum atomic E-state index is 9.68. The van der Waals surface area contributed by atoms with Crippen molar-refractivity contribution in [2.75, 3.05) is 5.73 Å². The van der Waals surface area contributed by atoms with Gasteiger partial charge in [-0.3, -0.25) is 0 Å². The van der Waals surface area contributed by atoms with Gasteiger partial charge in [0.1, 0.15) is 23.3 Å². The zero-order valence-corrected chi connectivity index (χ0v) is 17.2. The minimum Gasteiger partial charge on any atom is -0.457 e. The van der Waals surface area contributed by atoms with Crippen molar-refractivity contribution >= 4 is 5.69 Å². The van der Waals surface area contributed by atoms with Gasteiger partial charge in [-0.1, -0.05) is 18.2 Å². The number of nitrogens with two attached hydrogens (primary N) is 1. The van der Waals surface area contributed by atoms with Crippen LogP contribution in [-0.2, 0) is 5.54 Å². The first-order valence-electron chi connectivity index (χ1n) is 9.67. The highest BCUT2D eigenvalue weighted by molar-refractivity contribution is 5.77. The fourth-order valence-corrected chi connectivity index (χ4v) is 3.17. The Kier molecular flexibility index (Phi) is 4.80. The number of rotatable bonds is 4. The van der Waals surface area contributed by atoms with Crippen molar-refractivity contribution in [1.29, 1.82) is 5.26 Å². The molecule has 2 aromatic heterocycles. The maximum Gasteiger partial charge on any atom is 0.167 e. The van der Waals surface area contributed by atoms with Crippen LogP contribution in [0.5, 0.6) is 11.5 Å². The predicted molar refractivity (Wildman–Crippen MR) is 118 cm³/mol. The number of aromatic nitrogens is 3. The second-order valence-corrected chi connectivity index (χ2v) is 8.02. The topological polar surface area (TPSA) is 81.8 Å². The summed E-state index contributed by atoms with van der Waals surface area (Å²) in [7, 11) is 0. The van der Waals surface area contributed by atoms with Gasteiger partial charge in [-0.05, 0) is 63.2 Å². The maximum absolute atomic E-state index is 9.68. The van der Waals surface area contributed by atoms with Gasteiger partial charge >= 0.3 is 0 Å². The molecule has 0 spiro atoms. The van der Waals surface area contributed by atoms with E-state index >= 15 is 0 Å². The van der Waals surface area contributed by atoms with E-state index in [1.807, 2.05) is 73.1 Å². The normalized spacial score (nSPS) is 11.3. The third-order valence-corrected chi connectivity index (χ3v) is 4.83. The average molecular weight is 397 g/mol. The molecule has 150 valence electrons. The smallest absolute Gasteiger partial charge is 0.167 e. The molecule has 0 aliphatic carbocycles. The standard InChI is InChI=1S/C24H23N5O/c1-24(2,3)28-14-13-17(16-28)23-22(26)21(15-25)29(27-23)18-9-11-20(12-10-18)30-19-7-5-4-6-8-19/h4-14,16H,26H2,1-3H3. The third-order valence-electron chi connectivity index (χ3n) is 4.83. The quantitative estimate of drug-likeness (QED) is 0.504. The van der Waals surface area contributed by atoms with Crippen LogP contribution in [0.1, 0.15) is 26.5 Å². The second kappa shape index (κ2) is 7.45. The van der Waals surface area contributed by atoms with Crippen molar-refractivity contribution in [2.24, 2.45) is 0 Å². The van der Waals surface area contributed by atoms with E-state index in [0.717, 1.165) is 17.0 Å². The molecular formula is C24H23N5O. The molecule has 0 aliphatic rings. The highest BCUT2D eigenvalue weighted by Gasteiger charge is 2.20. The Balaban J connectivity index is 1.67. The Morgan fingerprint density at radius 3 is 2.23 bits per heavy atom. The summed E-state index contributed by atoms with van der Waals surface area (Å²) in [5.41, 5.74) is 9.13. The molecule has 2 N–H and O–H groups in total. The summed E-state index contributed by atoms with van der Waals surface area (Å²) in [6.07, 6.45) is 4.00. The molecule has 0 fully saturated rings. The van der Waals surface area contributed by atoms with Crippen LogP contribution in [0.3, 0.4) is 0 Å². The Labute approximate surface area is 175 Å². The Morgan fingerprint density at radius 1 is 0.967 bits per heavy atom. The summed E-state index contributed by atoms with van der Waals surface area (Å²) in [5, 5.41) is 14.3. The summed E-state index contributed by atoms with van der Waals surface area (Å²) in [6.45, 7) is 6.37. The lowest BCUT2D eigenvalue weighted by Gasteiger charge is -2.20. The van der Waals surface area contributed by atoms with Crippen LogP contribution in [0.15, 0.2) is 73.1 Å². The van der Waals surface area contributed by atoms with Crippen LogP contribution >= 0.6 is 0 Å². The minimum atomic E-state index is -0.0534. The van der Waals surface area contributed by atoms with Crippen molar-refractivity contribution in [2.45, 2.75) is 26.3 Å². The summed E-state index contributed by atoms with van der Waals surface area (Å²) < 4.78 is 9.51. The van der Waals surface area contributed by atoms with Crippen LogP contribution in [0.4, 0.5) is 5.69 Å². The fourth-order valence-electron chi connectivity index (χ4n) is 3.17. The van der Waals surface area contributed by atoms with E-state index in [-0.39, 0.29) is 5.54 Å². The van der Waals surface area contributed by atoms with Gasteiger partial charge in [-0.2, -0.15) is 10.4 Å². The number of nitriles is 1. The van der Waals surface area contributed by atoms with E-state index in [1.54, 1.807) is 4.68 Å². The molecule has 0 atom stereocenters.